The summed E-state index contributed by atoms with van der Waals surface area (Å²) in [5.74, 6) is 0.143. The molecule has 1 amide bonds. The molecule has 2 aromatic rings. The van der Waals surface area contributed by atoms with Crippen molar-refractivity contribution in [1.82, 2.24) is 9.21 Å². The van der Waals surface area contributed by atoms with Crippen LogP contribution >= 0.6 is 11.6 Å². The number of anilines is 1. The number of halogens is 1. The van der Waals surface area contributed by atoms with Gasteiger partial charge in [0.1, 0.15) is 0 Å². The number of aryl methyl sites for hydroxylation is 1. The Morgan fingerprint density at radius 3 is 2.06 bits per heavy atom. The van der Waals surface area contributed by atoms with Gasteiger partial charge in [-0.15, -0.1) is 0 Å². The Bertz CT molecular complexity index is 995. The van der Waals surface area contributed by atoms with Gasteiger partial charge in [0.15, 0.2) is 0 Å². The molecule has 0 bridgehead atoms. The van der Waals surface area contributed by atoms with Gasteiger partial charge in [0.25, 0.3) is 0 Å². The number of carbonyl (C=O) groups is 1. The van der Waals surface area contributed by atoms with Crippen molar-refractivity contribution in [2.24, 2.45) is 0 Å². The van der Waals surface area contributed by atoms with Gasteiger partial charge in [-0.05, 0) is 61.2 Å². The first-order valence-electron chi connectivity index (χ1n) is 10.8. The van der Waals surface area contributed by atoms with Gasteiger partial charge >= 0.3 is 0 Å². The van der Waals surface area contributed by atoms with Crippen molar-refractivity contribution in [2.45, 2.75) is 30.6 Å². The zero-order valence-electron chi connectivity index (χ0n) is 17.5. The lowest BCUT2D eigenvalue weighted by molar-refractivity contribution is -0.131. The zero-order chi connectivity index (χ0) is 21.8. The second kappa shape index (κ2) is 9.59. The van der Waals surface area contributed by atoms with E-state index in [1.165, 1.54) is 0 Å². The predicted octanol–water partition coefficient (Wildman–Crippen LogP) is 3.41. The fourth-order valence-electron chi connectivity index (χ4n) is 4.18. The van der Waals surface area contributed by atoms with Crippen molar-refractivity contribution < 1.29 is 13.2 Å². The van der Waals surface area contributed by atoms with Crippen LogP contribution in [0.2, 0.25) is 5.02 Å². The highest BCUT2D eigenvalue weighted by Crippen LogP contribution is 2.22. The number of hydrogen-bond donors (Lipinski definition) is 0. The summed E-state index contributed by atoms with van der Waals surface area (Å²) in [4.78, 5) is 17.2. The van der Waals surface area contributed by atoms with E-state index in [-0.39, 0.29) is 5.91 Å². The van der Waals surface area contributed by atoms with E-state index < -0.39 is 10.0 Å². The number of carbonyl (C=O) groups excluding carboxylic acids is 1. The molecule has 2 heterocycles. The molecule has 0 saturated carbocycles. The fraction of sp³-hybridized carbons (Fsp3) is 0.435. The first kappa shape index (κ1) is 22.1. The number of rotatable bonds is 6. The van der Waals surface area contributed by atoms with Gasteiger partial charge in [-0.25, -0.2) is 8.42 Å². The Hall–Kier alpha value is -2.09. The molecule has 2 aliphatic heterocycles. The highest BCUT2D eigenvalue weighted by molar-refractivity contribution is 7.89. The maximum Gasteiger partial charge on any atom is 0.243 e. The molecule has 0 unspecified atom stereocenters. The molecule has 0 N–H and O–H groups in total. The lowest BCUT2D eigenvalue weighted by Crippen LogP contribution is -2.48. The van der Waals surface area contributed by atoms with E-state index in [4.69, 9.17) is 11.6 Å². The van der Waals surface area contributed by atoms with Gasteiger partial charge in [-0.1, -0.05) is 23.7 Å². The van der Waals surface area contributed by atoms with Crippen molar-refractivity contribution in [2.75, 3.05) is 44.2 Å². The van der Waals surface area contributed by atoms with Crippen LogP contribution in [0.15, 0.2) is 53.4 Å². The predicted molar refractivity (Wildman–Crippen MR) is 123 cm³/mol. The Morgan fingerprint density at radius 2 is 1.45 bits per heavy atom. The molecule has 0 aliphatic carbocycles. The molecule has 166 valence electrons. The summed E-state index contributed by atoms with van der Waals surface area (Å²) in [7, 11) is -3.39. The van der Waals surface area contributed by atoms with Crippen LogP contribution < -0.4 is 4.90 Å². The molecular weight excluding hydrogens is 434 g/mol. The average molecular weight is 462 g/mol. The normalized spacial score (nSPS) is 17.8. The second-order valence-corrected chi connectivity index (χ2v) is 10.5. The summed E-state index contributed by atoms with van der Waals surface area (Å²) in [5.41, 5.74) is 2.11. The molecule has 6 nitrogen and oxygen atoms in total. The number of piperazine rings is 1. The van der Waals surface area contributed by atoms with Gasteiger partial charge in [0, 0.05) is 56.4 Å². The van der Waals surface area contributed by atoms with Gasteiger partial charge in [0.2, 0.25) is 15.9 Å². The van der Waals surface area contributed by atoms with Crippen molar-refractivity contribution >= 4 is 33.2 Å². The molecule has 0 radical (unpaired) electrons. The molecule has 31 heavy (non-hydrogen) atoms. The number of hydrogen-bond acceptors (Lipinski definition) is 4. The Balaban J connectivity index is 1.27. The van der Waals surface area contributed by atoms with Crippen LogP contribution in [-0.2, 0) is 21.2 Å². The third-order valence-electron chi connectivity index (χ3n) is 6.08. The first-order chi connectivity index (χ1) is 14.9. The van der Waals surface area contributed by atoms with E-state index in [2.05, 4.69) is 4.90 Å². The van der Waals surface area contributed by atoms with Crippen LogP contribution in [0.5, 0.6) is 0 Å². The molecule has 2 aromatic carbocycles. The highest BCUT2D eigenvalue weighted by atomic mass is 35.5. The number of nitrogens with zero attached hydrogens (tertiary/aromatic N) is 3. The minimum Gasteiger partial charge on any atom is -0.368 e. The van der Waals surface area contributed by atoms with Gasteiger partial charge in [-0.2, -0.15) is 4.31 Å². The molecule has 2 aliphatic rings. The summed E-state index contributed by atoms with van der Waals surface area (Å²) in [6.07, 6.45) is 2.89. The van der Waals surface area contributed by atoms with Crippen LogP contribution in [0.3, 0.4) is 0 Å². The Labute approximate surface area is 189 Å². The van der Waals surface area contributed by atoms with Gasteiger partial charge < -0.3 is 9.80 Å². The third kappa shape index (κ3) is 5.22. The van der Waals surface area contributed by atoms with E-state index in [0.29, 0.717) is 43.9 Å². The molecular formula is C23H28ClN3O3S. The van der Waals surface area contributed by atoms with E-state index in [1.54, 1.807) is 16.4 Å². The van der Waals surface area contributed by atoms with E-state index >= 15 is 0 Å². The molecule has 0 spiro atoms. The standard InChI is InChI=1S/C23H28ClN3O3S/c24-20-6-8-21(9-7-20)25-15-17-26(18-16-25)23(28)12-5-19-3-10-22(11-4-19)31(29,30)27-13-1-2-14-27/h3-4,6-11H,1-2,5,12-18H2. The van der Waals surface area contributed by atoms with Crippen molar-refractivity contribution in [3.8, 4) is 0 Å². The van der Waals surface area contributed by atoms with E-state index in [0.717, 1.165) is 42.2 Å². The number of amides is 1. The first-order valence-corrected chi connectivity index (χ1v) is 12.6. The van der Waals surface area contributed by atoms with Crippen LogP contribution in [0.1, 0.15) is 24.8 Å². The SMILES string of the molecule is O=C(CCc1ccc(S(=O)(=O)N2CCCC2)cc1)N1CCN(c2ccc(Cl)cc2)CC1. The fourth-order valence-corrected chi connectivity index (χ4v) is 5.82. The summed E-state index contributed by atoms with van der Waals surface area (Å²) in [5, 5.41) is 0.722. The van der Waals surface area contributed by atoms with Crippen LogP contribution in [-0.4, -0.2) is 62.8 Å². The summed E-state index contributed by atoms with van der Waals surface area (Å²) in [6.45, 7) is 4.21. The summed E-state index contributed by atoms with van der Waals surface area (Å²) in [6, 6.07) is 14.8. The van der Waals surface area contributed by atoms with Crippen molar-refractivity contribution in [3.05, 3.63) is 59.1 Å². The Morgan fingerprint density at radius 1 is 0.839 bits per heavy atom. The maximum atomic E-state index is 12.6. The quantitative estimate of drug-likeness (QED) is 0.661. The van der Waals surface area contributed by atoms with E-state index in [1.807, 2.05) is 41.3 Å². The van der Waals surface area contributed by atoms with Crippen molar-refractivity contribution in [3.63, 3.8) is 0 Å². The number of sulfonamides is 1. The van der Waals surface area contributed by atoms with Gasteiger partial charge in [-0.3, -0.25) is 4.79 Å². The minimum absolute atomic E-state index is 0.143. The topological polar surface area (TPSA) is 60.9 Å². The molecule has 0 atom stereocenters. The molecule has 4 rings (SSSR count). The third-order valence-corrected chi connectivity index (χ3v) is 8.24. The lowest BCUT2D eigenvalue weighted by Gasteiger charge is -2.36. The summed E-state index contributed by atoms with van der Waals surface area (Å²) < 4.78 is 26.8. The minimum atomic E-state index is -3.39. The smallest absolute Gasteiger partial charge is 0.243 e. The largest absolute Gasteiger partial charge is 0.368 e. The molecule has 8 heteroatoms. The zero-order valence-corrected chi connectivity index (χ0v) is 19.1. The molecule has 2 fully saturated rings. The summed E-state index contributed by atoms with van der Waals surface area (Å²) >= 11 is 5.96. The van der Waals surface area contributed by atoms with E-state index in [9.17, 15) is 13.2 Å². The highest BCUT2D eigenvalue weighted by Gasteiger charge is 2.27. The Kier molecular flexibility index (Phi) is 6.84. The van der Waals surface area contributed by atoms with Crippen LogP contribution in [0, 0.1) is 0 Å². The monoisotopic (exact) mass is 461 g/mol. The lowest BCUT2D eigenvalue weighted by atomic mass is 10.1. The second-order valence-electron chi connectivity index (χ2n) is 8.10. The van der Waals surface area contributed by atoms with Crippen molar-refractivity contribution in [1.29, 1.82) is 0 Å². The molecule has 0 aromatic heterocycles. The average Bonchev–Trinajstić information content (AvgIpc) is 3.34. The van der Waals surface area contributed by atoms with Crippen LogP contribution in [0.25, 0.3) is 0 Å². The maximum absolute atomic E-state index is 12.6. The van der Waals surface area contributed by atoms with Gasteiger partial charge in [0.05, 0.1) is 4.90 Å². The number of benzene rings is 2. The molecule has 2 saturated heterocycles. The van der Waals surface area contributed by atoms with Crippen LogP contribution in [0.4, 0.5) is 5.69 Å².